The predicted molar refractivity (Wildman–Crippen MR) is 70.8 cm³/mol. The molecule has 0 spiro atoms. The molecule has 5 nitrogen and oxygen atoms in total. The highest BCUT2D eigenvalue weighted by Crippen LogP contribution is 2.21. The average molecular weight is 265 g/mol. The summed E-state index contributed by atoms with van der Waals surface area (Å²) in [6.07, 6.45) is 1.65. The van der Waals surface area contributed by atoms with Crippen molar-refractivity contribution < 1.29 is 8.95 Å². The molecule has 1 aromatic carbocycles. The molecule has 0 radical (unpaired) electrons. The van der Waals surface area contributed by atoms with Gasteiger partial charge < -0.3 is 15.5 Å². The topological polar surface area (TPSA) is 81.0 Å². The molecule has 1 saturated heterocycles. The van der Waals surface area contributed by atoms with E-state index in [0.29, 0.717) is 24.1 Å². The Hall–Kier alpha value is -1.40. The van der Waals surface area contributed by atoms with Crippen LogP contribution < -0.4 is 5.73 Å². The fourth-order valence-corrected chi connectivity index (χ4v) is 3.48. The lowest BCUT2D eigenvalue weighted by Crippen LogP contribution is -2.25. The first-order chi connectivity index (χ1) is 8.74. The molecule has 96 valence electrons. The number of hydrogen-bond donors (Lipinski definition) is 2. The third kappa shape index (κ3) is 2.13. The highest BCUT2D eigenvalue weighted by Gasteiger charge is 2.23. The van der Waals surface area contributed by atoms with Crippen LogP contribution in [0.4, 0.5) is 5.69 Å². The zero-order chi connectivity index (χ0) is 12.5. The van der Waals surface area contributed by atoms with Gasteiger partial charge in [-0.05, 0) is 31.0 Å². The lowest BCUT2D eigenvalue weighted by molar-refractivity contribution is 0.0991. The number of nitrogen functional groups attached to an aromatic ring is 1. The maximum Gasteiger partial charge on any atom is 0.197 e. The number of aromatic amines is 1. The van der Waals surface area contributed by atoms with Crippen LogP contribution in [0.2, 0.25) is 0 Å². The van der Waals surface area contributed by atoms with Crippen molar-refractivity contribution in [2.45, 2.75) is 23.2 Å². The first-order valence-corrected chi connectivity index (χ1v) is 7.19. The van der Waals surface area contributed by atoms with Crippen molar-refractivity contribution in [1.82, 2.24) is 9.97 Å². The number of imidazole rings is 1. The van der Waals surface area contributed by atoms with Crippen LogP contribution in [0.5, 0.6) is 0 Å². The number of fused-ring (bicyclic) bond motifs is 1. The molecule has 1 fully saturated rings. The Morgan fingerprint density at radius 1 is 1.39 bits per heavy atom. The summed E-state index contributed by atoms with van der Waals surface area (Å²) >= 11 is 0. The largest absolute Gasteiger partial charge is 0.399 e. The Balaban J connectivity index is 1.91. The molecule has 1 unspecified atom stereocenters. The van der Waals surface area contributed by atoms with Crippen molar-refractivity contribution in [3.63, 3.8) is 0 Å². The van der Waals surface area contributed by atoms with E-state index in [1.54, 1.807) is 6.07 Å². The number of hydrogen-bond acceptors (Lipinski definition) is 4. The molecule has 0 saturated carbocycles. The summed E-state index contributed by atoms with van der Waals surface area (Å²) in [5, 5.41) is 0.680. The van der Waals surface area contributed by atoms with Crippen molar-refractivity contribution in [1.29, 1.82) is 0 Å². The SMILES string of the molecule is Nc1ccc2nc(S(=O)C3CCOCC3)[nH]c2c1. The maximum absolute atomic E-state index is 12.4. The van der Waals surface area contributed by atoms with E-state index in [2.05, 4.69) is 9.97 Å². The standard InChI is InChI=1S/C12H15N3O2S/c13-8-1-2-10-11(7-8)15-12(14-10)18(16)9-3-5-17-6-4-9/h1-2,7,9H,3-6,13H2,(H,14,15). The van der Waals surface area contributed by atoms with Gasteiger partial charge in [0.05, 0.1) is 21.8 Å². The minimum absolute atomic E-state index is 0.136. The molecule has 18 heavy (non-hydrogen) atoms. The zero-order valence-electron chi connectivity index (χ0n) is 9.89. The van der Waals surface area contributed by atoms with Crippen molar-refractivity contribution in [2.24, 2.45) is 0 Å². The van der Waals surface area contributed by atoms with Gasteiger partial charge in [-0.3, -0.25) is 4.21 Å². The smallest absolute Gasteiger partial charge is 0.197 e. The summed E-state index contributed by atoms with van der Waals surface area (Å²) < 4.78 is 17.7. The minimum Gasteiger partial charge on any atom is -0.399 e. The van der Waals surface area contributed by atoms with Crippen molar-refractivity contribution >= 4 is 27.5 Å². The third-order valence-corrected chi connectivity index (χ3v) is 4.80. The Labute approximate surface area is 107 Å². The Morgan fingerprint density at radius 3 is 2.94 bits per heavy atom. The summed E-state index contributed by atoms with van der Waals surface area (Å²) in [6, 6.07) is 5.45. The summed E-state index contributed by atoms with van der Waals surface area (Å²) in [4.78, 5) is 7.48. The van der Waals surface area contributed by atoms with Crippen LogP contribution in [0.3, 0.4) is 0 Å². The zero-order valence-corrected chi connectivity index (χ0v) is 10.7. The summed E-state index contributed by atoms with van der Waals surface area (Å²) in [5.74, 6) is 0. The second kappa shape index (κ2) is 4.70. The van der Waals surface area contributed by atoms with Gasteiger partial charge in [-0.2, -0.15) is 0 Å². The van der Waals surface area contributed by atoms with E-state index < -0.39 is 10.8 Å². The van der Waals surface area contributed by atoms with Gasteiger partial charge in [-0.15, -0.1) is 0 Å². The van der Waals surface area contributed by atoms with Gasteiger partial charge in [0, 0.05) is 24.2 Å². The maximum atomic E-state index is 12.4. The van der Waals surface area contributed by atoms with Gasteiger partial charge in [0.1, 0.15) is 0 Å². The Morgan fingerprint density at radius 2 is 2.17 bits per heavy atom. The van der Waals surface area contributed by atoms with Crippen molar-refractivity contribution in [3.05, 3.63) is 18.2 Å². The Bertz CT molecular complexity index is 590. The molecule has 1 atom stereocenters. The van der Waals surface area contributed by atoms with Crippen LogP contribution in [-0.4, -0.2) is 32.6 Å². The van der Waals surface area contributed by atoms with E-state index in [4.69, 9.17) is 10.5 Å². The normalized spacial score (nSPS) is 19.1. The van der Waals surface area contributed by atoms with Crippen LogP contribution in [0, 0.1) is 0 Å². The van der Waals surface area contributed by atoms with Gasteiger partial charge in [0.25, 0.3) is 0 Å². The van der Waals surface area contributed by atoms with Crippen LogP contribution in [0.1, 0.15) is 12.8 Å². The molecule has 6 heteroatoms. The highest BCUT2D eigenvalue weighted by molar-refractivity contribution is 7.85. The van der Waals surface area contributed by atoms with E-state index in [0.717, 1.165) is 23.9 Å². The Kier molecular flexibility index (Phi) is 3.05. The second-order valence-electron chi connectivity index (χ2n) is 4.43. The highest BCUT2D eigenvalue weighted by atomic mass is 32.2. The van der Waals surface area contributed by atoms with Gasteiger partial charge in [-0.1, -0.05) is 0 Å². The number of H-pyrrole nitrogens is 1. The molecule has 1 aliphatic rings. The second-order valence-corrected chi connectivity index (χ2v) is 6.08. The molecular weight excluding hydrogens is 250 g/mol. The molecule has 2 heterocycles. The number of anilines is 1. The number of ether oxygens (including phenoxy) is 1. The van der Waals surface area contributed by atoms with E-state index in [9.17, 15) is 4.21 Å². The van der Waals surface area contributed by atoms with Crippen LogP contribution >= 0.6 is 0 Å². The summed E-state index contributed by atoms with van der Waals surface area (Å²) in [7, 11) is -1.10. The molecular formula is C12H15N3O2S. The quantitative estimate of drug-likeness (QED) is 0.805. The van der Waals surface area contributed by atoms with E-state index in [-0.39, 0.29) is 5.25 Å². The molecule has 3 N–H and O–H groups in total. The fourth-order valence-electron chi connectivity index (χ4n) is 2.15. The summed E-state index contributed by atoms with van der Waals surface area (Å²) in [6.45, 7) is 1.37. The lowest BCUT2D eigenvalue weighted by Gasteiger charge is -2.19. The van der Waals surface area contributed by atoms with E-state index in [1.165, 1.54) is 0 Å². The molecule has 2 aromatic rings. The van der Waals surface area contributed by atoms with Crippen molar-refractivity contribution in [2.75, 3.05) is 18.9 Å². The van der Waals surface area contributed by atoms with Crippen LogP contribution in [0.15, 0.2) is 23.4 Å². The number of nitrogens with two attached hydrogens (primary N) is 1. The minimum atomic E-state index is -1.10. The van der Waals surface area contributed by atoms with Gasteiger partial charge >= 0.3 is 0 Å². The molecule has 1 aromatic heterocycles. The molecule has 1 aliphatic heterocycles. The fraction of sp³-hybridized carbons (Fsp3) is 0.417. The third-order valence-electron chi connectivity index (χ3n) is 3.15. The summed E-state index contributed by atoms with van der Waals surface area (Å²) in [5.41, 5.74) is 8.03. The van der Waals surface area contributed by atoms with Crippen LogP contribution in [-0.2, 0) is 15.5 Å². The number of nitrogens with zero attached hydrogens (tertiary/aromatic N) is 1. The monoisotopic (exact) mass is 265 g/mol. The number of nitrogens with one attached hydrogen (secondary N) is 1. The van der Waals surface area contributed by atoms with E-state index in [1.807, 2.05) is 12.1 Å². The van der Waals surface area contributed by atoms with Gasteiger partial charge in [0.15, 0.2) is 5.16 Å². The molecule has 0 amide bonds. The van der Waals surface area contributed by atoms with Crippen LogP contribution in [0.25, 0.3) is 11.0 Å². The van der Waals surface area contributed by atoms with Crippen molar-refractivity contribution in [3.8, 4) is 0 Å². The molecule has 0 bridgehead atoms. The van der Waals surface area contributed by atoms with E-state index >= 15 is 0 Å². The number of aromatic nitrogens is 2. The average Bonchev–Trinajstić information content (AvgIpc) is 2.81. The lowest BCUT2D eigenvalue weighted by atomic mass is 10.2. The first-order valence-electron chi connectivity index (χ1n) is 5.97. The number of benzene rings is 1. The van der Waals surface area contributed by atoms with Gasteiger partial charge in [-0.25, -0.2) is 4.98 Å². The first kappa shape index (κ1) is 11.7. The molecule has 0 aliphatic carbocycles. The van der Waals surface area contributed by atoms with Gasteiger partial charge in [0.2, 0.25) is 0 Å². The predicted octanol–water partition coefficient (Wildman–Crippen LogP) is 1.43. The molecule has 3 rings (SSSR count). The number of rotatable bonds is 2.